The van der Waals surface area contributed by atoms with E-state index in [9.17, 15) is 9.59 Å². The van der Waals surface area contributed by atoms with Gasteiger partial charge in [-0.3, -0.25) is 9.78 Å². The zero-order valence-corrected chi connectivity index (χ0v) is 5.63. The van der Waals surface area contributed by atoms with Crippen molar-refractivity contribution in [2.24, 2.45) is 0 Å². The number of aromatic nitrogens is 2. The summed E-state index contributed by atoms with van der Waals surface area (Å²) >= 11 is 0. The van der Waals surface area contributed by atoms with Crippen LogP contribution in [0.3, 0.4) is 0 Å². The monoisotopic (exact) mass is 144 g/mol. The molecule has 0 aliphatic rings. The number of H-pyrrole nitrogens is 2. The summed E-state index contributed by atoms with van der Waals surface area (Å²) < 4.78 is 0. The van der Waals surface area contributed by atoms with Crippen molar-refractivity contribution in [2.45, 2.75) is 0 Å². The lowest BCUT2D eigenvalue weighted by atomic mass is 10.7. The topological polar surface area (TPSA) is 65.7 Å². The molecule has 0 aromatic carbocycles. The maximum atomic E-state index is 10.5. The van der Waals surface area contributed by atoms with Gasteiger partial charge in [0.2, 0.25) is 0 Å². The second-order valence-electron chi connectivity index (χ2n) is 1.53. The molecule has 0 radical (unpaired) electrons. The first-order valence-electron chi connectivity index (χ1n) is 2.27. The van der Waals surface area contributed by atoms with Gasteiger partial charge in [-0.25, -0.2) is 4.79 Å². The number of hydrogen-bond donors (Lipinski definition) is 2. The molecule has 48 valence electrons. The van der Waals surface area contributed by atoms with Gasteiger partial charge in [0.15, 0.2) is 0 Å². The lowest BCUT2D eigenvalue weighted by molar-refractivity contribution is 1.05. The van der Waals surface area contributed by atoms with E-state index in [4.69, 9.17) is 0 Å². The predicted molar refractivity (Wildman–Crippen MR) is 37.0 cm³/mol. The van der Waals surface area contributed by atoms with Crippen LogP contribution in [-0.4, -0.2) is 9.97 Å². The number of hydrogen-bond acceptors (Lipinski definition) is 2. The van der Waals surface area contributed by atoms with Crippen molar-refractivity contribution in [3.63, 3.8) is 0 Å². The average Bonchev–Trinajstić information content (AvgIpc) is 1.80. The Hall–Kier alpha value is -0.890. The lowest BCUT2D eigenvalue weighted by Gasteiger charge is -1.84. The van der Waals surface area contributed by atoms with E-state index in [-0.39, 0.29) is 5.56 Å². The maximum absolute atomic E-state index is 10.5. The van der Waals surface area contributed by atoms with Crippen molar-refractivity contribution in [1.29, 1.82) is 0 Å². The predicted octanol–water partition coefficient (Wildman–Crippen LogP) is -1.44. The van der Waals surface area contributed by atoms with Gasteiger partial charge < -0.3 is 4.98 Å². The standard InChI is InChI=1S/C4H5N2O2P/c7-3-2(9)1-5-4(8)6-3/h1H,9H2,(H2,5,6,7,8). The molecule has 2 N–H and O–H groups in total. The average molecular weight is 144 g/mol. The van der Waals surface area contributed by atoms with Gasteiger partial charge in [0.25, 0.3) is 5.56 Å². The highest BCUT2D eigenvalue weighted by atomic mass is 31.0. The van der Waals surface area contributed by atoms with E-state index in [0.29, 0.717) is 5.30 Å². The van der Waals surface area contributed by atoms with Crippen LogP contribution in [0.2, 0.25) is 0 Å². The van der Waals surface area contributed by atoms with Gasteiger partial charge in [0, 0.05) is 6.20 Å². The van der Waals surface area contributed by atoms with Gasteiger partial charge in [0.05, 0.1) is 5.30 Å². The van der Waals surface area contributed by atoms with Crippen molar-refractivity contribution in [2.75, 3.05) is 0 Å². The Morgan fingerprint density at radius 3 is 2.56 bits per heavy atom. The second-order valence-corrected chi connectivity index (χ2v) is 2.15. The lowest BCUT2D eigenvalue weighted by Crippen LogP contribution is -2.30. The summed E-state index contributed by atoms with van der Waals surface area (Å²) in [6.45, 7) is 0. The molecule has 1 aromatic heterocycles. The minimum atomic E-state index is -0.480. The fraction of sp³-hybridized carbons (Fsp3) is 0. The minimum absolute atomic E-state index is 0.372. The molecule has 1 rings (SSSR count). The summed E-state index contributed by atoms with van der Waals surface area (Å²) in [5.74, 6) is 0. The van der Waals surface area contributed by atoms with Crippen LogP contribution in [0.5, 0.6) is 0 Å². The third-order valence-corrected chi connectivity index (χ3v) is 1.28. The second kappa shape index (κ2) is 2.15. The molecule has 4 nitrogen and oxygen atoms in total. The highest BCUT2D eigenvalue weighted by Gasteiger charge is 1.88. The van der Waals surface area contributed by atoms with Crippen LogP contribution >= 0.6 is 9.24 Å². The van der Waals surface area contributed by atoms with E-state index in [0.717, 1.165) is 0 Å². The number of nitrogens with one attached hydrogen (secondary N) is 2. The quantitative estimate of drug-likeness (QED) is 0.438. The molecule has 0 aliphatic carbocycles. The Morgan fingerprint density at radius 2 is 2.11 bits per heavy atom. The number of rotatable bonds is 0. The third-order valence-electron chi connectivity index (χ3n) is 0.848. The molecule has 1 atom stereocenters. The summed E-state index contributed by atoms with van der Waals surface area (Å²) in [7, 11) is 2.20. The van der Waals surface area contributed by atoms with Crippen molar-refractivity contribution in [1.82, 2.24) is 9.97 Å². The number of aromatic amines is 2. The zero-order chi connectivity index (χ0) is 6.85. The Morgan fingerprint density at radius 1 is 1.44 bits per heavy atom. The highest BCUT2D eigenvalue weighted by molar-refractivity contribution is 7.27. The molecule has 1 aromatic rings. The van der Waals surface area contributed by atoms with E-state index in [2.05, 4.69) is 19.2 Å². The SMILES string of the molecule is O=c1[nH]cc(P)c(=O)[nH]1. The van der Waals surface area contributed by atoms with Gasteiger partial charge >= 0.3 is 5.69 Å². The maximum Gasteiger partial charge on any atom is 0.325 e. The Balaban J connectivity index is 3.52. The largest absolute Gasteiger partial charge is 0.325 e. The van der Waals surface area contributed by atoms with Crippen LogP contribution in [-0.2, 0) is 0 Å². The Bertz CT molecular complexity index is 313. The minimum Gasteiger partial charge on any atom is -0.313 e. The molecule has 0 amide bonds. The van der Waals surface area contributed by atoms with E-state index in [1.807, 2.05) is 0 Å². The molecule has 0 spiro atoms. The molecule has 1 heterocycles. The molecule has 0 fully saturated rings. The van der Waals surface area contributed by atoms with Crippen LogP contribution in [0.15, 0.2) is 15.8 Å². The fourth-order valence-corrected chi connectivity index (χ4v) is 0.576. The van der Waals surface area contributed by atoms with Gasteiger partial charge in [-0.1, -0.05) is 9.24 Å². The van der Waals surface area contributed by atoms with Crippen LogP contribution in [0.25, 0.3) is 0 Å². The smallest absolute Gasteiger partial charge is 0.313 e. The summed E-state index contributed by atoms with van der Waals surface area (Å²) in [4.78, 5) is 25.2. The molecule has 1 unspecified atom stereocenters. The first-order valence-corrected chi connectivity index (χ1v) is 2.85. The van der Waals surface area contributed by atoms with Gasteiger partial charge in [-0.2, -0.15) is 0 Å². The van der Waals surface area contributed by atoms with E-state index >= 15 is 0 Å². The van der Waals surface area contributed by atoms with Crippen molar-refractivity contribution in [3.05, 3.63) is 27.0 Å². The fourth-order valence-electron chi connectivity index (χ4n) is 0.420. The normalized spacial score (nSPS) is 9.44. The summed E-state index contributed by atoms with van der Waals surface area (Å²) in [6, 6.07) is 0. The van der Waals surface area contributed by atoms with Crippen LogP contribution in [0.1, 0.15) is 0 Å². The van der Waals surface area contributed by atoms with Crippen molar-refractivity contribution in [3.8, 4) is 0 Å². The molecule has 0 aliphatic heterocycles. The van der Waals surface area contributed by atoms with E-state index in [1.54, 1.807) is 0 Å². The van der Waals surface area contributed by atoms with Crippen LogP contribution < -0.4 is 16.6 Å². The molecule has 0 saturated carbocycles. The summed E-state index contributed by atoms with van der Waals surface area (Å²) in [5.41, 5.74) is -0.852. The van der Waals surface area contributed by atoms with Crippen LogP contribution in [0, 0.1) is 0 Å². The Kier molecular flexibility index (Phi) is 1.49. The molecular formula is C4H5N2O2P. The first-order chi connectivity index (χ1) is 4.20. The molecule has 9 heavy (non-hydrogen) atoms. The highest BCUT2D eigenvalue weighted by Crippen LogP contribution is 1.69. The first kappa shape index (κ1) is 6.23. The van der Waals surface area contributed by atoms with Gasteiger partial charge in [-0.05, 0) is 0 Å². The molecule has 0 bridgehead atoms. The van der Waals surface area contributed by atoms with E-state index < -0.39 is 5.69 Å². The summed E-state index contributed by atoms with van der Waals surface area (Å²) in [5, 5.41) is 0.426. The zero-order valence-electron chi connectivity index (χ0n) is 4.47. The van der Waals surface area contributed by atoms with E-state index in [1.165, 1.54) is 6.20 Å². The molecule has 5 heteroatoms. The molecule has 0 saturated heterocycles. The van der Waals surface area contributed by atoms with Crippen molar-refractivity contribution >= 4 is 14.5 Å². The molecular weight excluding hydrogens is 139 g/mol. The van der Waals surface area contributed by atoms with Gasteiger partial charge in [-0.15, -0.1) is 0 Å². The third kappa shape index (κ3) is 1.27. The van der Waals surface area contributed by atoms with Crippen molar-refractivity contribution < 1.29 is 0 Å². The Labute approximate surface area is 52.5 Å². The van der Waals surface area contributed by atoms with Crippen LogP contribution in [0.4, 0.5) is 0 Å². The van der Waals surface area contributed by atoms with Gasteiger partial charge in [0.1, 0.15) is 0 Å². The summed E-state index contributed by atoms with van der Waals surface area (Å²) in [6.07, 6.45) is 1.34.